The summed E-state index contributed by atoms with van der Waals surface area (Å²) in [4.78, 5) is 5.56. The van der Waals surface area contributed by atoms with Crippen LogP contribution in [-0.2, 0) is 0 Å². The van der Waals surface area contributed by atoms with Crippen LogP contribution in [0.15, 0.2) is 23.5 Å². The van der Waals surface area contributed by atoms with Crippen molar-refractivity contribution in [2.45, 2.75) is 19.0 Å². The fourth-order valence-corrected chi connectivity index (χ4v) is 2.29. The summed E-state index contributed by atoms with van der Waals surface area (Å²) in [5.74, 6) is -1.49. The number of nitrogens with two attached hydrogens (primary N) is 1. The van der Waals surface area contributed by atoms with Crippen molar-refractivity contribution in [3.8, 4) is 0 Å². The molecule has 1 aromatic rings. The van der Waals surface area contributed by atoms with E-state index in [9.17, 15) is 13.2 Å². The molecule has 1 unspecified atom stereocenters. The largest absolute Gasteiger partial charge is 0.409 e. The van der Waals surface area contributed by atoms with E-state index in [4.69, 9.17) is 10.9 Å². The van der Waals surface area contributed by atoms with E-state index in [1.807, 2.05) is 0 Å². The number of aromatic nitrogens is 1. The van der Waals surface area contributed by atoms with Crippen LogP contribution in [0.25, 0.3) is 0 Å². The van der Waals surface area contributed by atoms with Crippen molar-refractivity contribution in [3.63, 3.8) is 0 Å². The molecule has 0 aliphatic carbocycles. The molecule has 1 fully saturated rings. The molecule has 3 N–H and O–H groups in total. The van der Waals surface area contributed by atoms with Crippen LogP contribution in [0, 0.1) is 5.92 Å². The van der Waals surface area contributed by atoms with E-state index in [2.05, 4.69) is 10.1 Å². The highest BCUT2D eigenvalue weighted by atomic mass is 19.4. The topological polar surface area (TPSA) is 74.7 Å². The summed E-state index contributed by atoms with van der Waals surface area (Å²) in [6, 6.07) is 3.14. The third-order valence-electron chi connectivity index (χ3n) is 3.36. The standard InChI is InChI=1S/C12H15F3N4O/c13-12(14,15)8-2-1-5-19(7-8)9-3-4-17-10(6-9)11(16)18-20/h3-4,6,8,20H,1-2,5,7H2,(H2,16,18). The highest BCUT2D eigenvalue weighted by Crippen LogP contribution is 2.34. The van der Waals surface area contributed by atoms with Gasteiger partial charge < -0.3 is 15.8 Å². The van der Waals surface area contributed by atoms with E-state index in [1.165, 1.54) is 12.3 Å². The Morgan fingerprint density at radius 1 is 1.50 bits per heavy atom. The fourth-order valence-electron chi connectivity index (χ4n) is 2.29. The Morgan fingerprint density at radius 2 is 2.25 bits per heavy atom. The molecule has 0 amide bonds. The van der Waals surface area contributed by atoms with Gasteiger partial charge in [0, 0.05) is 25.0 Å². The molecule has 0 aromatic carbocycles. The maximum Gasteiger partial charge on any atom is 0.393 e. The number of hydrogen-bond donors (Lipinski definition) is 2. The van der Waals surface area contributed by atoms with E-state index >= 15 is 0 Å². The van der Waals surface area contributed by atoms with Crippen LogP contribution < -0.4 is 10.6 Å². The van der Waals surface area contributed by atoms with Gasteiger partial charge in [0.1, 0.15) is 5.69 Å². The van der Waals surface area contributed by atoms with Gasteiger partial charge >= 0.3 is 6.18 Å². The van der Waals surface area contributed by atoms with Crippen molar-refractivity contribution < 1.29 is 18.4 Å². The number of alkyl halides is 3. The Balaban J connectivity index is 2.19. The lowest BCUT2D eigenvalue weighted by Gasteiger charge is -2.35. The number of halogens is 3. The highest BCUT2D eigenvalue weighted by Gasteiger charge is 2.41. The second-order valence-electron chi connectivity index (χ2n) is 4.71. The Bertz CT molecular complexity index is 504. The quantitative estimate of drug-likeness (QED) is 0.377. The molecule has 1 aliphatic heterocycles. The molecule has 20 heavy (non-hydrogen) atoms. The summed E-state index contributed by atoms with van der Waals surface area (Å²) in [6.07, 6.45) is -2.12. The molecule has 0 saturated carbocycles. The number of rotatable bonds is 2. The third kappa shape index (κ3) is 3.12. The third-order valence-corrected chi connectivity index (χ3v) is 3.36. The molecular weight excluding hydrogens is 273 g/mol. The molecule has 110 valence electrons. The van der Waals surface area contributed by atoms with Crippen LogP contribution in [0.3, 0.4) is 0 Å². The zero-order valence-corrected chi connectivity index (χ0v) is 10.6. The lowest BCUT2D eigenvalue weighted by Crippen LogP contribution is -2.41. The molecule has 1 aromatic heterocycles. The SMILES string of the molecule is NC(=NO)c1cc(N2CCCC(C(F)(F)F)C2)ccn1. The zero-order valence-electron chi connectivity index (χ0n) is 10.6. The van der Waals surface area contributed by atoms with Crippen molar-refractivity contribution in [1.82, 2.24) is 4.98 Å². The van der Waals surface area contributed by atoms with Gasteiger partial charge in [-0.2, -0.15) is 13.2 Å². The van der Waals surface area contributed by atoms with Crippen LogP contribution in [0.2, 0.25) is 0 Å². The molecule has 1 atom stereocenters. The van der Waals surface area contributed by atoms with Gasteiger partial charge in [0.25, 0.3) is 0 Å². The summed E-state index contributed by atoms with van der Waals surface area (Å²) in [6.45, 7) is 0.468. The van der Waals surface area contributed by atoms with Crippen molar-refractivity contribution in [1.29, 1.82) is 0 Å². The second kappa shape index (κ2) is 5.56. The maximum absolute atomic E-state index is 12.8. The van der Waals surface area contributed by atoms with Gasteiger partial charge in [-0.1, -0.05) is 5.16 Å². The molecule has 5 nitrogen and oxygen atoms in total. The highest BCUT2D eigenvalue weighted by molar-refractivity contribution is 5.95. The minimum Gasteiger partial charge on any atom is -0.409 e. The molecule has 0 spiro atoms. The Kier molecular flexibility index (Phi) is 4.01. The molecule has 2 heterocycles. The first kappa shape index (κ1) is 14.4. The number of piperidine rings is 1. The van der Waals surface area contributed by atoms with Gasteiger partial charge in [0.05, 0.1) is 5.92 Å². The van der Waals surface area contributed by atoms with Gasteiger partial charge in [-0.15, -0.1) is 0 Å². The molecule has 1 saturated heterocycles. The summed E-state index contributed by atoms with van der Waals surface area (Å²) in [5.41, 5.74) is 6.26. The van der Waals surface area contributed by atoms with Crippen molar-refractivity contribution >= 4 is 11.5 Å². The van der Waals surface area contributed by atoms with Crippen LogP contribution >= 0.6 is 0 Å². The molecule has 0 radical (unpaired) electrons. The fraction of sp³-hybridized carbons (Fsp3) is 0.500. The molecule has 8 heteroatoms. The van der Waals surface area contributed by atoms with Gasteiger partial charge in [-0.3, -0.25) is 4.98 Å². The van der Waals surface area contributed by atoms with Crippen LogP contribution in [0.1, 0.15) is 18.5 Å². The lowest BCUT2D eigenvalue weighted by atomic mass is 9.97. The van der Waals surface area contributed by atoms with E-state index < -0.39 is 12.1 Å². The second-order valence-corrected chi connectivity index (χ2v) is 4.71. The summed E-state index contributed by atoms with van der Waals surface area (Å²) in [7, 11) is 0. The van der Waals surface area contributed by atoms with Crippen LogP contribution in [0.4, 0.5) is 18.9 Å². The van der Waals surface area contributed by atoms with Gasteiger partial charge in [0.15, 0.2) is 5.84 Å². The minimum absolute atomic E-state index is 0.0802. The van der Waals surface area contributed by atoms with Gasteiger partial charge in [-0.05, 0) is 25.0 Å². The minimum atomic E-state index is -4.18. The summed E-state index contributed by atoms with van der Waals surface area (Å²) in [5, 5.41) is 11.4. The average Bonchev–Trinajstić information content (AvgIpc) is 2.46. The van der Waals surface area contributed by atoms with Crippen molar-refractivity contribution in [2.24, 2.45) is 16.8 Å². The molecular formula is C12H15F3N4O. The maximum atomic E-state index is 12.8. The molecule has 0 bridgehead atoms. The van der Waals surface area contributed by atoms with E-state index in [-0.39, 0.29) is 24.5 Å². The summed E-state index contributed by atoms with van der Waals surface area (Å²) >= 11 is 0. The zero-order chi connectivity index (χ0) is 14.8. The van der Waals surface area contributed by atoms with Crippen molar-refractivity contribution in [2.75, 3.05) is 18.0 Å². The Labute approximate surface area is 113 Å². The Hall–Kier alpha value is -1.99. The number of hydrogen-bond acceptors (Lipinski definition) is 4. The first-order valence-corrected chi connectivity index (χ1v) is 6.17. The average molecular weight is 288 g/mol. The predicted molar refractivity (Wildman–Crippen MR) is 67.7 cm³/mol. The smallest absolute Gasteiger partial charge is 0.393 e. The van der Waals surface area contributed by atoms with Gasteiger partial charge in [-0.25, -0.2) is 0 Å². The van der Waals surface area contributed by atoms with Crippen LogP contribution in [0.5, 0.6) is 0 Å². The van der Waals surface area contributed by atoms with Crippen LogP contribution in [-0.4, -0.2) is 35.3 Å². The first-order chi connectivity index (χ1) is 9.41. The van der Waals surface area contributed by atoms with E-state index in [0.29, 0.717) is 18.7 Å². The van der Waals surface area contributed by atoms with E-state index in [0.717, 1.165) is 0 Å². The van der Waals surface area contributed by atoms with Crippen molar-refractivity contribution in [3.05, 3.63) is 24.0 Å². The predicted octanol–water partition coefficient (Wildman–Crippen LogP) is 1.95. The monoisotopic (exact) mass is 288 g/mol. The summed E-state index contributed by atoms with van der Waals surface area (Å²) < 4.78 is 38.3. The molecule has 1 aliphatic rings. The number of nitrogens with zero attached hydrogens (tertiary/aromatic N) is 3. The Morgan fingerprint density at radius 3 is 2.90 bits per heavy atom. The first-order valence-electron chi connectivity index (χ1n) is 6.17. The number of oxime groups is 1. The molecule has 2 rings (SSSR count). The van der Waals surface area contributed by atoms with E-state index in [1.54, 1.807) is 11.0 Å². The lowest BCUT2D eigenvalue weighted by molar-refractivity contribution is -0.175. The van der Waals surface area contributed by atoms with Gasteiger partial charge in [0.2, 0.25) is 0 Å². The number of anilines is 1. The number of pyridine rings is 1. The normalized spacial score (nSPS) is 21.1. The number of amidine groups is 1.